The number of aliphatic hydroxyl groups is 1. The highest BCUT2D eigenvalue weighted by Gasteiger charge is 2.22. The third-order valence-corrected chi connectivity index (χ3v) is 7.20. The number of aryl methyl sites for hydroxylation is 1. The van der Waals surface area contributed by atoms with Gasteiger partial charge in [0.15, 0.2) is 0 Å². The monoisotopic (exact) mass is 670 g/mol. The predicted molar refractivity (Wildman–Crippen MR) is 165 cm³/mol. The Morgan fingerprint density at radius 3 is 2.24 bits per heavy atom. The summed E-state index contributed by atoms with van der Waals surface area (Å²) in [6, 6.07) is 27.8. The summed E-state index contributed by atoms with van der Waals surface area (Å²) >= 11 is 2.24. The van der Waals surface area contributed by atoms with E-state index in [2.05, 4.69) is 33.2 Å². The number of hydrogen-bond acceptors (Lipinski definition) is 4. The minimum absolute atomic E-state index is 0.0926. The number of hydrogen-bond donors (Lipinski definition) is 3. The lowest BCUT2D eigenvalue weighted by molar-refractivity contribution is -0.122. The normalized spacial score (nSPS) is 12.5. The summed E-state index contributed by atoms with van der Waals surface area (Å²) in [7, 11) is 0. The number of aliphatic hydroxyl groups excluding tert-OH is 1. The molecule has 4 rings (SSSR count). The molecule has 0 radical (unpaired) electrons. The van der Waals surface area contributed by atoms with E-state index < -0.39 is 23.8 Å². The molecule has 0 aliphatic rings. The van der Waals surface area contributed by atoms with Crippen molar-refractivity contribution >= 4 is 28.5 Å². The van der Waals surface area contributed by atoms with Crippen molar-refractivity contribution in [2.45, 2.75) is 44.4 Å². The lowest BCUT2D eigenvalue weighted by Gasteiger charge is -2.25. The van der Waals surface area contributed by atoms with E-state index >= 15 is 0 Å². The third-order valence-electron chi connectivity index (χ3n) is 6.53. The Morgan fingerprint density at radius 2 is 1.54 bits per heavy atom. The van der Waals surface area contributed by atoms with Crippen LogP contribution in [0.3, 0.4) is 0 Å². The van der Waals surface area contributed by atoms with Crippen LogP contribution in [0, 0.1) is 15.2 Å². The first-order chi connectivity index (χ1) is 19.8. The maximum atomic E-state index is 13.8. The molecular weight excluding hydrogens is 637 g/mol. The fourth-order valence-electron chi connectivity index (χ4n) is 4.50. The Hall–Kier alpha value is -3.34. The second-order valence-corrected chi connectivity index (χ2v) is 11.1. The maximum Gasteiger partial charge on any atom is 0.220 e. The average Bonchev–Trinajstić information content (AvgIpc) is 2.94. The molecule has 41 heavy (non-hydrogen) atoms. The molecule has 0 bridgehead atoms. The minimum Gasteiger partial charge on any atom is -0.457 e. The fraction of sp³-hybridized carbons (Fsp3) is 0.242. The summed E-state index contributed by atoms with van der Waals surface area (Å²) in [5.41, 5.74) is 2.50. The van der Waals surface area contributed by atoms with Crippen LogP contribution in [0.1, 0.15) is 29.5 Å². The van der Waals surface area contributed by atoms with Crippen LogP contribution in [0.2, 0.25) is 0 Å². The van der Waals surface area contributed by atoms with Crippen molar-refractivity contribution in [3.05, 3.63) is 129 Å². The van der Waals surface area contributed by atoms with Gasteiger partial charge in [-0.05, 0) is 107 Å². The number of carbonyl (C=O) groups is 1. The first kappa shape index (κ1) is 30.6. The molecule has 0 saturated carbocycles. The van der Waals surface area contributed by atoms with E-state index in [0.717, 1.165) is 32.3 Å². The zero-order valence-corrected chi connectivity index (χ0v) is 24.7. The van der Waals surface area contributed by atoms with Crippen LogP contribution in [0.5, 0.6) is 11.5 Å². The zero-order valence-electron chi connectivity index (χ0n) is 22.5. The number of halogens is 3. The third kappa shape index (κ3) is 10.5. The van der Waals surface area contributed by atoms with Crippen LogP contribution in [0.15, 0.2) is 97.1 Å². The molecule has 214 valence electrons. The van der Waals surface area contributed by atoms with E-state index in [4.69, 9.17) is 4.74 Å². The van der Waals surface area contributed by atoms with Crippen LogP contribution in [-0.4, -0.2) is 29.7 Å². The van der Waals surface area contributed by atoms with Gasteiger partial charge in [0.1, 0.15) is 23.1 Å². The van der Waals surface area contributed by atoms with Crippen LogP contribution >= 0.6 is 22.6 Å². The molecule has 0 fully saturated rings. The lowest BCUT2D eigenvalue weighted by atomic mass is 10.00. The second kappa shape index (κ2) is 15.6. The van der Waals surface area contributed by atoms with Crippen molar-refractivity contribution in [2.75, 3.05) is 6.54 Å². The van der Waals surface area contributed by atoms with E-state index in [0.29, 0.717) is 24.9 Å². The summed E-state index contributed by atoms with van der Waals surface area (Å²) in [4.78, 5) is 12.9. The highest BCUT2D eigenvalue weighted by atomic mass is 127. The number of nitrogens with one attached hydrogen (secondary N) is 2. The van der Waals surface area contributed by atoms with Crippen molar-refractivity contribution in [2.24, 2.45) is 0 Å². The Bertz CT molecular complexity index is 1380. The predicted octanol–water partition coefficient (Wildman–Crippen LogP) is 6.56. The van der Waals surface area contributed by atoms with E-state index in [9.17, 15) is 18.7 Å². The summed E-state index contributed by atoms with van der Waals surface area (Å²) in [6.45, 7) is 0.740. The summed E-state index contributed by atoms with van der Waals surface area (Å²) in [5, 5.41) is 17.0. The van der Waals surface area contributed by atoms with Gasteiger partial charge in [-0.3, -0.25) is 4.79 Å². The van der Waals surface area contributed by atoms with E-state index in [1.54, 1.807) is 0 Å². The smallest absolute Gasteiger partial charge is 0.220 e. The molecule has 0 heterocycles. The van der Waals surface area contributed by atoms with E-state index in [1.807, 2.05) is 78.9 Å². The standard InChI is InChI=1S/C33H33F2IN2O3/c34-26-16-25(17-27(35)20-26)19-31(32(39)22-37-21-24-7-4-8-28(36)18-24)38-33(40)11-5-6-23-12-14-30(15-13-23)41-29-9-2-1-3-10-29/h1-4,7-10,12-18,20,31-32,37,39H,5-6,11,19,21-22H2,(H,38,40)/t31-,32+/m0/s1. The van der Waals surface area contributed by atoms with E-state index in [1.165, 1.54) is 12.1 Å². The van der Waals surface area contributed by atoms with Gasteiger partial charge in [0, 0.05) is 29.1 Å². The molecule has 3 N–H and O–H groups in total. The van der Waals surface area contributed by atoms with Gasteiger partial charge in [-0.25, -0.2) is 8.78 Å². The highest BCUT2D eigenvalue weighted by Crippen LogP contribution is 2.22. The van der Waals surface area contributed by atoms with Crippen molar-refractivity contribution in [1.29, 1.82) is 0 Å². The van der Waals surface area contributed by atoms with Crippen molar-refractivity contribution in [3.63, 3.8) is 0 Å². The van der Waals surface area contributed by atoms with Gasteiger partial charge in [0.2, 0.25) is 5.91 Å². The minimum atomic E-state index is -0.967. The lowest BCUT2D eigenvalue weighted by Crippen LogP contribution is -2.48. The number of amides is 1. The molecule has 0 saturated heterocycles. The molecule has 8 heteroatoms. The Morgan fingerprint density at radius 1 is 0.829 bits per heavy atom. The van der Waals surface area contributed by atoms with Gasteiger partial charge in [0.25, 0.3) is 0 Å². The number of para-hydroxylation sites is 1. The summed E-state index contributed by atoms with van der Waals surface area (Å²) < 4.78 is 34.6. The molecule has 5 nitrogen and oxygen atoms in total. The number of ether oxygens (including phenoxy) is 1. The zero-order chi connectivity index (χ0) is 29.0. The Kier molecular flexibility index (Phi) is 11.7. The van der Waals surface area contributed by atoms with Gasteiger partial charge in [0.05, 0.1) is 12.1 Å². The van der Waals surface area contributed by atoms with Gasteiger partial charge in [-0.15, -0.1) is 0 Å². The molecule has 0 aromatic heterocycles. The second-order valence-electron chi connectivity index (χ2n) is 9.90. The van der Waals surface area contributed by atoms with Crippen LogP contribution in [0.4, 0.5) is 8.78 Å². The Labute approximate surface area is 253 Å². The summed E-state index contributed by atoms with van der Waals surface area (Å²) in [6.07, 6.45) is 0.672. The van der Waals surface area contributed by atoms with Crippen molar-refractivity contribution in [1.82, 2.24) is 10.6 Å². The molecular formula is C33H33F2IN2O3. The van der Waals surface area contributed by atoms with Crippen LogP contribution in [0.25, 0.3) is 0 Å². The highest BCUT2D eigenvalue weighted by molar-refractivity contribution is 14.1. The molecule has 0 aliphatic heterocycles. The molecule has 0 aliphatic carbocycles. The molecule has 2 atom stereocenters. The van der Waals surface area contributed by atoms with Gasteiger partial charge in [-0.1, -0.05) is 42.5 Å². The SMILES string of the molecule is O=C(CCCc1ccc(Oc2ccccc2)cc1)N[C@@H](Cc1cc(F)cc(F)c1)[C@H](O)CNCc1cccc(I)c1. The largest absolute Gasteiger partial charge is 0.457 e. The molecule has 1 amide bonds. The Balaban J connectivity index is 1.29. The van der Waals surface area contributed by atoms with Crippen molar-refractivity contribution in [3.8, 4) is 11.5 Å². The van der Waals surface area contributed by atoms with Gasteiger partial charge in [-0.2, -0.15) is 0 Å². The number of rotatable bonds is 14. The van der Waals surface area contributed by atoms with Crippen LogP contribution in [-0.2, 0) is 24.2 Å². The average molecular weight is 671 g/mol. The topological polar surface area (TPSA) is 70.6 Å². The fourth-order valence-corrected chi connectivity index (χ4v) is 5.11. The molecule has 0 unspecified atom stereocenters. The number of benzene rings is 4. The van der Waals surface area contributed by atoms with Gasteiger partial charge < -0.3 is 20.5 Å². The quantitative estimate of drug-likeness (QED) is 0.133. The van der Waals surface area contributed by atoms with Crippen LogP contribution < -0.4 is 15.4 Å². The molecule has 4 aromatic rings. The van der Waals surface area contributed by atoms with E-state index in [-0.39, 0.29) is 25.3 Å². The maximum absolute atomic E-state index is 13.8. The first-order valence-electron chi connectivity index (χ1n) is 13.5. The molecule has 4 aromatic carbocycles. The molecule has 0 spiro atoms. The van der Waals surface area contributed by atoms with Crippen molar-refractivity contribution < 1.29 is 23.4 Å². The number of carbonyl (C=O) groups excluding carboxylic acids is 1. The first-order valence-corrected chi connectivity index (χ1v) is 14.6. The summed E-state index contributed by atoms with van der Waals surface area (Å²) in [5.74, 6) is -0.126. The van der Waals surface area contributed by atoms with Gasteiger partial charge >= 0.3 is 0 Å².